The van der Waals surface area contributed by atoms with Gasteiger partial charge in [-0.25, -0.2) is 0 Å². The van der Waals surface area contributed by atoms with Gasteiger partial charge in [0.25, 0.3) is 0 Å². The highest BCUT2D eigenvalue weighted by molar-refractivity contribution is 7.99. The van der Waals surface area contributed by atoms with Crippen LogP contribution in [0.15, 0.2) is 39.2 Å². The Bertz CT molecular complexity index is 958. The first kappa shape index (κ1) is 21.2. The molecule has 0 aromatic carbocycles. The summed E-state index contributed by atoms with van der Waals surface area (Å²) in [5.74, 6) is 3.09. The van der Waals surface area contributed by atoms with E-state index in [1.165, 1.54) is 35.9 Å². The summed E-state index contributed by atoms with van der Waals surface area (Å²) >= 11 is 3.25. The SMILES string of the molecule is Cc1ccc(CN(C)C(=O)CSc2nnc(Cc3cccs3)n2C2CCCCC2)o1. The van der Waals surface area contributed by atoms with Crippen LogP contribution in [-0.2, 0) is 17.8 Å². The molecule has 0 unspecified atom stereocenters. The minimum absolute atomic E-state index is 0.0621. The molecule has 30 heavy (non-hydrogen) atoms. The minimum atomic E-state index is 0.0621. The molecular weight excluding hydrogens is 416 g/mol. The fraction of sp³-hybridized carbons (Fsp3) is 0.500. The van der Waals surface area contributed by atoms with Crippen LogP contribution in [0.1, 0.15) is 60.4 Å². The molecule has 3 aromatic heterocycles. The Hall–Kier alpha value is -2.06. The fourth-order valence-electron chi connectivity index (χ4n) is 3.93. The Labute approximate surface area is 185 Å². The van der Waals surface area contributed by atoms with Gasteiger partial charge in [0.1, 0.15) is 17.3 Å². The second kappa shape index (κ2) is 9.83. The molecule has 4 rings (SSSR count). The molecule has 1 fully saturated rings. The molecule has 0 saturated heterocycles. The van der Waals surface area contributed by atoms with Crippen molar-refractivity contribution in [2.75, 3.05) is 12.8 Å². The van der Waals surface area contributed by atoms with E-state index in [2.05, 4.69) is 32.3 Å². The quantitative estimate of drug-likeness (QED) is 0.453. The van der Waals surface area contributed by atoms with Crippen LogP contribution in [-0.4, -0.2) is 38.4 Å². The molecule has 3 heterocycles. The molecule has 0 aliphatic heterocycles. The highest BCUT2D eigenvalue weighted by Gasteiger charge is 2.24. The summed E-state index contributed by atoms with van der Waals surface area (Å²) in [5, 5.41) is 12.0. The van der Waals surface area contributed by atoms with Crippen LogP contribution >= 0.6 is 23.1 Å². The van der Waals surface area contributed by atoms with Gasteiger partial charge in [0.05, 0.1) is 12.3 Å². The van der Waals surface area contributed by atoms with Gasteiger partial charge in [-0.05, 0) is 43.3 Å². The summed E-state index contributed by atoms with van der Waals surface area (Å²) < 4.78 is 7.90. The van der Waals surface area contributed by atoms with E-state index < -0.39 is 0 Å². The van der Waals surface area contributed by atoms with Gasteiger partial charge in [-0.15, -0.1) is 21.5 Å². The molecule has 0 bridgehead atoms. The summed E-state index contributed by atoms with van der Waals surface area (Å²) in [4.78, 5) is 15.7. The predicted octanol–water partition coefficient (Wildman–Crippen LogP) is 5.09. The fourth-order valence-corrected chi connectivity index (χ4v) is 5.60. The maximum absolute atomic E-state index is 12.7. The van der Waals surface area contributed by atoms with E-state index in [0.717, 1.165) is 41.8 Å². The zero-order chi connectivity index (χ0) is 20.9. The zero-order valence-corrected chi connectivity index (χ0v) is 19.2. The third-order valence-corrected chi connectivity index (χ3v) is 7.33. The Morgan fingerprint density at radius 1 is 1.27 bits per heavy atom. The van der Waals surface area contributed by atoms with E-state index >= 15 is 0 Å². The second-order valence-electron chi connectivity index (χ2n) is 7.87. The van der Waals surface area contributed by atoms with Crippen molar-refractivity contribution in [3.8, 4) is 0 Å². The molecule has 0 radical (unpaired) electrons. The molecular formula is C22H28N4O2S2. The van der Waals surface area contributed by atoms with Gasteiger partial charge in [0.2, 0.25) is 5.91 Å². The van der Waals surface area contributed by atoms with Crippen molar-refractivity contribution >= 4 is 29.0 Å². The van der Waals surface area contributed by atoms with Crippen molar-refractivity contribution in [1.82, 2.24) is 19.7 Å². The molecule has 8 heteroatoms. The molecule has 160 valence electrons. The molecule has 3 aromatic rings. The number of amides is 1. The van der Waals surface area contributed by atoms with E-state index in [4.69, 9.17) is 4.42 Å². The van der Waals surface area contributed by atoms with E-state index in [0.29, 0.717) is 18.3 Å². The van der Waals surface area contributed by atoms with Crippen molar-refractivity contribution in [1.29, 1.82) is 0 Å². The number of carbonyl (C=O) groups excluding carboxylic acids is 1. The highest BCUT2D eigenvalue weighted by atomic mass is 32.2. The Balaban J connectivity index is 1.44. The van der Waals surface area contributed by atoms with Crippen LogP contribution in [0.2, 0.25) is 0 Å². The van der Waals surface area contributed by atoms with Crippen molar-refractivity contribution < 1.29 is 9.21 Å². The van der Waals surface area contributed by atoms with Crippen LogP contribution < -0.4 is 0 Å². The molecule has 1 amide bonds. The number of thiophene rings is 1. The number of thioether (sulfide) groups is 1. The number of hydrogen-bond donors (Lipinski definition) is 0. The highest BCUT2D eigenvalue weighted by Crippen LogP contribution is 2.33. The van der Waals surface area contributed by atoms with E-state index in [1.807, 2.05) is 26.1 Å². The normalized spacial score (nSPS) is 14.9. The standard InChI is InChI=1S/C22H28N4O2S2/c1-16-10-11-18(28-16)14-25(2)21(27)15-30-22-24-23-20(13-19-9-6-12-29-19)26(22)17-7-4-3-5-8-17/h6,9-12,17H,3-5,7-8,13-15H2,1-2H3. The van der Waals surface area contributed by atoms with Crippen molar-refractivity contribution in [3.63, 3.8) is 0 Å². The number of nitrogens with zero attached hydrogens (tertiary/aromatic N) is 4. The third-order valence-electron chi connectivity index (χ3n) is 5.53. The maximum atomic E-state index is 12.7. The monoisotopic (exact) mass is 444 g/mol. The van der Waals surface area contributed by atoms with Gasteiger partial charge < -0.3 is 13.9 Å². The Kier molecular flexibility index (Phi) is 6.94. The number of aryl methyl sites for hydroxylation is 1. The Morgan fingerprint density at radius 2 is 2.10 bits per heavy atom. The lowest BCUT2D eigenvalue weighted by Crippen LogP contribution is -2.28. The lowest BCUT2D eigenvalue weighted by Gasteiger charge is -2.25. The molecule has 1 aliphatic carbocycles. The minimum Gasteiger partial charge on any atom is -0.464 e. The van der Waals surface area contributed by atoms with Crippen LogP contribution in [0.5, 0.6) is 0 Å². The molecule has 1 aliphatic rings. The predicted molar refractivity (Wildman–Crippen MR) is 120 cm³/mol. The van der Waals surface area contributed by atoms with Crippen molar-refractivity contribution in [2.24, 2.45) is 0 Å². The molecule has 0 atom stereocenters. The summed E-state index contributed by atoms with van der Waals surface area (Å²) in [6.07, 6.45) is 6.92. The smallest absolute Gasteiger partial charge is 0.233 e. The summed E-state index contributed by atoms with van der Waals surface area (Å²) in [5.41, 5.74) is 0. The van der Waals surface area contributed by atoms with Gasteiger partial charge >= 0.3 is 0 Å². The number of aromatic nitrogens is 3. The first-order chi connectivity index (χ1) is 14.6. The third kappa shape index (κ3) is 5.16. The van der Waals surface area contributed by atoms with Gasteiger partial charge in [0.15, 0.2) is 5.16 Å². The lowest BCUT2D eigenvalue weighted by molar-refractivity contribution is -0.127. The second-order valence-corrected chi connectivity index (χ2v) is 9.84. The number of hydrogen-bond acceptors (Lipinski definition) is 6. The molecule has 0 N–H and O–H groups in total. The van der Waals surface area contributed by atoms with Crippen molar-refractivity contribution in [3.05, 3.63) is 51.9 Å². The lowest BCUT2D eigenvalue weighted by atomic mass is 9.95. The Morgan fingerprint density at radius 3 is 2.80 bits per heavy atom. The van der Waals surface area contributed by atoms with E-state index in [1.54, 1.807) is 16.2 Å². The van der Waals surface area contributed by atoms with Gasteiger partial charge in [-0.2, -0.15) is 0 Å². The van der Waals surface area contributed by atoms with E-state index in [-0.39, 0.29) is 5.91 Å². The summed E-state index contributed by atoms with van der Waals surface area (Å²) in [6.45, 7) is 2.39. The maximum Gasteiger partial charge on any atom is 0.233 e. The van der Waals surface area contributed by atoms with Gasteiger partial charge in [-0.1, -0.05) is 37.1 Å². The van der Waals surface area contributed by atoms with E-state index in [9.17, 15) is 4.79 Å². The van der Waals surface area contributed by atoms with Gasteiger partial charge in [-0.3, -0.25) is 4.79 Å². The molecule has 6 nitrogen and oxygen atoms in total. The summed E-state index contributed by atoms with van der Waals surface area (Å²) in [7, 11) is 1.81. The summed E-state index contributed by atoms with van der Waals surface area (Å²) in [6, 6.07) is 8.50. The van der Waals surface area contributed by atoms with Crippen LogP contribution in [0, 0.1) is 6.92 Å². The topological polar surface area (TPSA) is 64.2 Å². The van der Waals surface area contributed by atoms with Crippen LogP contribution in [0.25, 0.3) is 0 Å². The zero-order valence-electron chi connectivity index (χ0n) is 17.5. The number of carbonyl (C=O) groups is 1. The first-order valence-electron chi connectivity index (χ1n) is 10.5. The van der Waals surface area contributed by atoms with Crippen LogP contribution in [0.3, 0.4) is 0 Å². The number of furan rings is 1. The van der Waals surface area contributed by atoms with Gasteiger partial charge in [0, 0.05) is 24.4 Å². The van der Waals surface area contributed by atoms with Crippen LogP contribution in [0.4, 0.5) is 0 Å². The average molecular weight is 445 g/mol. The first-order valence-corrected chi connectivity index (χ1v) is 12.3. The largest absolute Gasteiger partial charge is 0.464 e. The number of rotatable bonds is 8. The van der Waals surface area contributed by atoms with Crippen molar-refractivity contribution in [2.45, 2.75) is 63.2 Å². The molecule has 0 spiro atoms. The molecule has 1 saturated carbocycles. The average Bonchev–Trinajstić information content (AvgIpc) is 3.49.